The fourth-order valence-electron chi connectivity index (χ4n) is 2.21. The van der Waals surface area contributed by atoms with E-state index in [9.17, 15) is 12.9 Å². The maximum Gasteiger partial charge on any atom is 0.508 e. The Morgan fingerprint density at radius 1 is 1.05 bits per heavy atom. The monoisotopic (exact) mass is 307 g/mol. The lowest BCUT2D eigenvalue weighted by Crippen LogP contribution is -2.43. The highest BCUT2D eigenvalue weighted by atomic mass is 32.2. The zero-order valence-corrected chi connectivity index (χ0v) is 11.5. The number of fused-ring (bicyclic) bond motifs is 1. The quantitative estimate of drug-likeness (QED) is 0.773. The minimum Gasteiger partial charge on any atom is -0.454 e. The van der Waals surface area contributed by atoms with Crippen LogP contribution in [0.15, 0.2) is 18.2 Å². The van der Waals surface area contributed by atoms with Gasteiger partial charge in [0.1, 0.15) is 0 Å². The van der Waals surface area contributed by atoms with Crippen molar-refractivity contribution >= 4 is 30.5 Å². The Morgan fingerprint density at radius 3 is 2.42 bits per heavy atom. The van der Waals surface area contributed by atoms with Crippen LogP contribution in [-0.4, -0.2) is 25.3 Å². The highest BCUT2D eigenvalue weighted by Gasteiger charge is 2.53. The molecule has 1 aromatic rings. The van der Waals surface area contributed by atoms with Crippen LogP contribution in [-0.2, 0) is 3.98 Å². The summed E-state index contributed by atoms with van der Waals surface area (Å²) >= 11 is 1.97. The lowest BCUT2D eigenvalue weighted by molar-refractivity contribution is 0.174. The molecule has 2 aliphatic rings. The molecule has 1 fully saturated rings. The number of rotatable bonds is 2. The van der Waals surface area contributed by atoms with Crippen LogP contribution < -0.4 is 9.47 Å². The average Bonchev–Trinajstić information content (AvgIpc) is 2.85. The number of ether oxygens (including phenoxy) is 2. The Labute approximate surface area is 117 Å². The third kappa shape index (κ3) is 2.18. The first kappa shape index (κ1) is 13.4. The van der Waals surface area contributed by atoms with Crippen LogP contribution >= 0.6 is 23.5 Å². The number of thioether (sulfide) groups is 2. The van der Waals surface area contributed by atoms with Gasteiger partial charge in [-0.15, -0.1) is 0 Å². The molecular formula is C11H11BF3O2S2-. The third-order valence-electron chi connectivity index (χ3n) is 3.13. The van der Waals surface area contributed by atoms with Gasteiger partial charge in [0.2, 0.25) is 6.79 Å². The van der Waals surface area contributed by atoms with Crippen molar-refractivity contribution in [1.82, 2.24) is 0 Å². The van der Waals surface area contributed by atoms with E-state index in [2.05, 4.69) is 0 Å². The summed E-state index contributed by atoms with van der Waals surface area (Å²) in [6, 6.07) is 4.55. The van der Waals surface area contributed by atoms with E-state index in [1.54, 1.807) is 6.07 Å². The van der Waals surface area contributed by atoms with Crippen molar-refractivity contribution < 1.29 is 22.4 Å². The van der Waals surface area contributed by atoms with Crippen LogP contribution in [0.25, 0.3) is 0 Å². The first-order chi connectivity index (χ1) is 9.03. The van der Waals surface area contributed by atoms with Crippen LogP contribution in [0.5, 0.6) is 11.5 Å². The molecule has 0 amide bonds. The summed E-state index contributed by atoms with van der Waals surface area (Å²) in [5.74, 6) is 1.98. The topological polar surface area (TPSA) is 18.5 Å². The molecule has 0 spiro atoms. The zero-order chi connectivity index (χ0) is 13.5. The van der Waals surface area contributed by atoms with Crippen LogP contribution in [0.2, 0.25) is 0 Å². The molecule has 0 bridgehead atoms. The molecule has 2 aliphatic heterocycles. The SMILES string of the molecule is F[B-](F)(F)C1(c2ccc3c(c2)OCO3)SCCCS1. The van der Waals surface area contributed by atoms with Gasteiger partial charge in [-0.25, -0.2) is 0 Å². The van der Waals surface area contributed by atoms with Gasteiger partial charge in [-0.2, -0.15) is 23.5 Å². The van der Waals surface area contributed by atoms with E-state index in [0.29, 0.717) is 23.0 Å². The fraction of sp³-hybridized carbons (Fsp3) is 0.455. The molecule has 8 heteroatoms. The van der Waals surface area contributed by atoms with Gasteiger partial charge in [0, 0.05) is 0 Å². The Balaban J connectivity index is 2.05. The number of hydrogen-bond donors (Lipinski definition) is 0. The Morgan fingerprint density at radius 2 is 1.74 bits per heavy atom. The van der Waals surface area contributed by atoms with E-state index >= 15 is 0 Å². The molecule has 0 aliphatic carbocycles. The van der Waals surface area contributed by atoms with Gasteiger partial charge in [0.05, 0.1) is 3.98 Å². The van der Waals surface area contributed by atoms with Crippen LogP contribution in [0.1, 0.15) is 12.0 Å². The predicted molar refractivity (Wildman–Crippen MR) is 72.9 cm³/mol. The third-order valence-corrected chi connectivity index (χ3v) is 6.68. The van der Waals surface area contributed by atoms with Gasteiger partial charge in [0.15, 0.2) is 11.5 Å². The molecule has 104 valence electrons. The Bertz CT molecular complexity index is 489. The summed E-state index contributed by atoms with van der Waals surface area (Å²) in [7, 11) is 0. The van der Waals surface area contributed by atoms with Crippen LogP contribution in [0.3, 0.4) is 0 Å². The zero-order valence-electron chi connectivity index (χ0n) is 9.90. The number of halogens is 3. The van der Waals surface area contributed by atoms with Crippen molar-refractivity contribution in [2.75, 3.05) is 18.3 Å². The van der Waals surface area contributed by atoms with Gasteiger partial charge in [-0.05, 0) is 35.6 Å². The summed E-state index contributed by atoms with van der Waals surface area (Å²) in [6.07, 6.45) is 0.813. The second kappa shape index (κ2) is 4.73. The minimum atomic E-state index is -5.00. The first-order valence-electron chi connectivity index (χ1n) is 5.90. The van der Waals surface area contributed by atoms with Crippen LogP contribution in [0.4, 0.5) is 12.9 Å². The summed E-state index contributed by atoms with van der Waals surface area (Å²) in [4.78, 5) is 0. The van der Waals surface area contributed by atoms with E-state index in [-0.39, 0.29) is 12.4 Å². The van der Waals surface area contributed by atoms with E-state index in [1.807, 2.05) is 0 Å². The van der Waals surface area contributed by atoms with Crippen LogP contribution in [0, 0.1) is 0 Å². The molecule has 0 saturated carbocycles. The Kier molecular flexibility index (Phi) is 3.33. The van der Waals surface area contributed by atoms with Crippen molar-refractivity contribution in [1.29, 1.82) is 0 Å². The van der Waals surface area contributed by atoms with Crippen molar-refractivity contribution in [3.63, 3.8) is 0 Å². The molecule has 19 heavy (non-hydrogen) atoms. The lowest BCUT2D eigenvalue weighted by Gasteiger charge is -2.44. The van der Waals surface area contributed by atoms with E-state index < -0.39 is 11.0 Å². The predicted octanol–water partition coefficient (Wildman–Crippen LogP) is 3.82. The average molecular weight is 307 g/mol. The number of hydrogen-bond acceptors (Lipinski definition) is 4. The molecule has 0 N–H and O–H groups in total. The Hall–Kier alpha value is -0.625. The molecule has 0 radical (unpaired) electrons. The standard InChI is InChI=1S/C11H11BF3O2S2/c13-12(14,15)11(18-4-1-5-19-11)8-2-3-9-10(6-8)17-7-16-9/h2-3,6H,1,4-5,7H2/q-1. The first-order valence-corrected chi connectivity index (χ1v) is 7.87. The van der Waals surface area contributed by atoms with E-state index in [4.69, 9.17) is 9.47 Å². The molecule has 2 heterocycles. The smallest absolute Gasteiger partial charge is 0.454 e. The molecule has 3 rings (SSSR count). The molecule has 0 atom stereocenters. The summed E-state index contributed by atoms with van der Waals surface area (Å²) in [5, 5.41) is 0. The maximum absolute atomic E-state index is 13.6. The lowest BCUT2D eigenvalue weighted by atomic mass is 9.79. The maximum atomic E-state index is 13.6. The molecule has 0 aromatic heterocycles. The van der Waals surface area contributed by atoms with Crippen molar-refractivity contribution in [2.45, 2.75) is 10.4 Å². The van der Waals surface area contributed by atoms with Gasteiger partial charge >= 0.3 is 6.98 Å². The normalized spacial score (nSPS) is 21.4. The summed E-state index contributed by atoms with van der Waals surface area (Å²) in [5.41, 5.74) is 0.263. The van der Waals surface area contributed by atoms with Gasteiger partial charge in [-0.3, -0.25) is 0 Å². The summed E-state index contributed by atoms with van der Waals surface area (Å²) in [6.45, 7) is -4.92. The largest absolute Gasteiger partial charge is 0.508 e. The fourth-order valence-corrected chi connectivity index (χ4v) is 5.37. The highest BCUT2D eigenvalue weighted by molar-refractivity contribution is 8.20. The van der Waals surface area contributed by atoms with Crippen molar-refractivity contribution in [2.24, 2.45) is 0 Å². The minimum absolute atomic E-state index is 0.0727. The van der Waals surface area contributed by atoms with Gasteiger partial charge < -0.3 is 22.4 Å². The molecule has 0 unspecified atom stereocenters. The van der Waals surface area contributed by atoms with E-state index in [1.165, 1.54) is 12.1 Å². The molecule has 1 saturated heterocycles. The van der Waals surface area contributed by atoms with Gasteiger partial charge in [0.25, 0.3) is 0 Å². The number of benzene rings is 1. The van der Waals surface area contributed by atoms with Gasteiger partial charge in [-0.1, -0.05) is 6.07 Å². The van der Waals surface area contributed by atoms with Crippen molar-refractivity contribution in [3.05, 3.63) is 23.8 Å². The van der Waals surface area contributed by atoms with Crippen molar-refractivity contribution in [3.8, 4) is 11.5 Å². The molecule has 1 aromatic carbocycles. The summed E-state index contributed by atoms with van der Waals surface area (Å²) < 4.78 is 49.3. The second-order valence-electron chi connectivity index (χ2n) is 4.36. The highest BCUT2D eigenvalue weighted by Crippen LogP contribution is 2.58. The second-order valence-corrected chi connectivity index (χ2v) is 7.30. The molecule has 2 nitrogen and oxygen atoms in total. The molecular weight excluding hydrogens is 296 g/mol. The van der Waals surface area contributed by atoms with E-state index in [0.717, 1.165) is 29.9 Å².